The van der Waals surface area contributed by atoms with Gasteiger partial charge in [-0.15, -0.1) is 0 Å². The first-order chi connectivity index (χ1) is 5.62. The van der Waals surface area contributed by atoms with E-state index in [1.165, 1.54) is 0 Å². The number of rotatable bonds is 1. The zero-order valence-electron chi connectivity index (χ0n) is 6.00. The topological polar surface area (TPSA) is 0 Å². The Kier molecular flexibility index (Phi) is 2.90. The molecule has 0 aliphatic heterocycles. The Morgan fingerprint density at radius 3 is 1.00 bits per heavy atom. The van der Waals surface area contributed by atoms with Crippen molar-refractivity contribution in [3.63, 3.8) is 0 Å². The van der Waals surface area contributed by atoms with Gasteiger partial charge in [-0.1, -0.05) is 0 Å². The second-order valence-corrected chi connectivity index (χ2v) is 4.78. The molecule has 0 nitrogen and oxygen atoms in total. The second-order valence-electron chi connectivity index (χ2n) is 2.41. The van der Waals surface area contributed by atoms with Crippen LogP contribution >= 0.6 is 7.41 Å². The predicted octanol–water partition coefficient (Wildman–Crippen LogP) is 3.77. The summed E-state index contributed by atoms with van der Waals surface area (Å²) in [6.45, 7) is 0. The van der Waals surface area contributed by atoms with Crippen LogP contribution in [-0.4, -0.2) is 25.6 Å². The molecular formula is C3HBF9P. The van der Waals surface area contributed by atoms with Crippen LogP contribution in [0.4, 0.5) is 38.9 Å². The van der Waals surface area contributed by atoms with E-state index < -0.39 is 25.4 Å². The van der Waals surface area contributed by atoms with Gasteiger partial charge in [0.15, 0.2) is 0 Å². The zero-order chi connectivity index (χ0) is 12.0. The van der Waals surface area contributed by atoms with Gasteiger partial charge < -0.3 is 0 Å². The van der Waals surface area contributed by atoms with Gasteiger partial charge in [0, 0.05) is 0 Å². The van der Waals surface area contributed by atoms with E-state index in [4.69, 9.17) is 0 Å². The van der Waals surface area contributed by atoms with Crippen LogP contribution in [0.3, 0.4) is 0 Å². The summed E-state index contributed by atoms with van der Waals surface area (Å²) >= 11 is 0. The molecule has 0 aliphatic carbocycles. The van der Waals surface area contributed by atoms with Crippen molar-refractivity contribution in [2.45, 2.75) is 18.0 Å². The molecule has 14 heavy (non-hydrogen) atoms. The molecule has 0 N–H and O–H groups in total. The summed E-state index contributed by atoms with van der Waals surface area (Å²) in [6, 6.07) is 0. The van der Waals surface area contributed by atoms with Crippen LogP contribution in [0, 0.1) is 0 Å². The standard InChI is InChI=1S/C3HBF9P/c4-14(11,12,13)1(2(5,6)7)3(8,9)10/h1H. The van der Waals surface area contributed by atoms with Crippen molar-refractivity contribution in [1.29, 1.82) is 0 Å². The van der Waals surface area contributed by atoms with Crippen molar-refractivity contribution < 1.29 is 38.9 Å². The molecule has 0 fully saturated rings. The third-order valence-corrected chi connectivity index (χ3v) is 2.53. The Morgan fingerprint density at radius 2 is 1.00 bits per heavy atom. The molecule has 0 rings (SSSR count). The molecule has 0 aliphatic rings. The number of hydrogen-bond donors (Lipinski definition) is 0. The number of halogens is 9. The summed E-state index contributed by atoms with van der Waals surface area (Å²) in [5, 5.41) is 0. The van der Waals surface area contributed by atoms with E-state index >= 15 is 0 Å². The fourth-order valence-corrected chi connectivity index (χ4v) is 1.69. The molecule has 84 valence electrons. The molecule has 0 amide bonds. The maximum atomic E-state index is 11.9. The van der Waals surface area contributed by atoms with Crippen LogP contribution in [0.15, 0.2) is 0 Å². The molecular weight excluding hydrogens is 249 g/mol. The van der Waals surface area contributed by atoms with E-state index in [9.17, 15) is 38.9 Å². The van der Waals surface area contributed by atoms with E-state index in [0.29, 0.717) is 0 Å². The third-order valence-electron chi connectivity index (χ3n) is 1.06. The molecule has 0 aromatic heterocycles. The summed E-state index contributed by atoms with van der Waals surface area (Å²) in [6.07, 6.45) is -12.9. The van der Waals surface area contributed by atoms with Crippen molar-refractivity contribution in [2.24, 2.45) is 0 Å². The summed E-state index contributed by atoms with van der Waals surface area (Å²) in [5.74, 6) is 0. The number of alkyl halides is 6. The van der Waals surface area contributed by atoms with Gasteiger partial charge in [-0.05, 0) is 0 Å². The van der Waals surface area contributed by atoms with Crippen molar-refractivity contribution in [3.05, 3.63) is 0 Å². The number of hydrogen-bond acceptors (Lipinski definition) is 0. The van der Waals surface area contributed by atoms with Gasteiger partial charge in [-0.2, -0.15) is 0 Å². The van der Waals surface area contributed by atoms with Crippen LogP contribution in [0.5, 0.6) is 0 Å². The zero-order valence-corrected chi connectivity index (χ0v) is 6.90. The molecule has 0 bridgehead atoms. The Bertz CT molecular complexity index is 196. The van der Waals surface area contributed by atoms with Crippen LogP contribution < -0.4 is 0 Å². The quantitative estimate of drug-likeness (QED) is 0.377. The Labute approximate surface area is 73.1 Å². The normalized spacial score (nSPS) is 18.0. The molecule has 11 heteroatoms. The summed E-state index contributed by atoms with van der Waals surface area (Å²) in [7, 11) is -5.59. The van der Waals surface area contributed by atoms with E-state index in [-0.39, 0.29) is 0 Å². The second kappa shape index (κ2) is 2.93. The van der Waals surface area contributed by atoms with Crippen molar-refractivity contribution in [3.8, 4) is 0 Å². The molecule has 0 saturated heterocycles. The summed E-state index contributed by atoms with van der Waals surface area (Å²) in [4.78, 5) is 0. The van der Waals surface area contributed by atoms with Crippen LogP contribution in [-0.2, 0) is 0 Å². The summed E-state index contributed by atoms with van der Waals surface area (Å²) in [5.41, 5.74) is -5.42. The average molecular weight is 250 g/mol. The van der Waals surface area contributed by atoms with Crippen LogP contribution in [0.1, 0.15) is 0 Å². The van der Waals surface area contributed by atoms with Crippen molar-refractivity contribution >= 4 is 15.0 Å². The van der Waals surface area contributed by atoms with Crippen LogP contribution in [0.25, 0.3) is 0 Å². The maximum absolute atomic E-state index is 11.9. The Balaban J connectivity index is 5.39. The van der Waals surface area contributed by atoms with Crippen molar-refractivity contribution in [1.82, 2.24) is 0 Å². The predicted molar refractivity (Wildman–Crippen MR) is 31.9 cm³/mol. The molecule has 2 radical (unpaired) electrons. The van der Waals surface area contributed by atoms with Gasteiger partial charge in [0.05, 0.1) is 0 Å². The molecule has 0 spiro atoms. The van der Waals surface area contributed by atoms with Gasteiger partial charge in [-0.3, -0.25) is 0 Å². The molecule has 0 aromatic rings. The fraction of sp³-hybridized carbons (Fsp3) is 1.00. The van der Waals surface area contributed by atoms with Gasteiger partial charge >= 0.3 is 71.9 Å². The first-order valence-corrected chi connectivity index (χ1v) is 4.78. The Morgan fingerprint density at radius 1 is 0.786 bits per heavy atom. The summed E-state index contributed by atoms with van der Waals surface area (Å²) < 4.78 is 104. The average Bonchev–Trinajstić information content (AvgIpc) is 1.40. The van der Waals surface area contributed by atoms with Gasteiger partial charge in [0.2, 0.25) is 0 Å². The monoisotopic (exact) mass is 250 g/mol. The molecule has 0 atom stereocenters. The Hall–Kier alpha value is -0.135. The minimum atomic E-state index is -8.78. The van der Waals surface area contributed by atoms with Crippen LogP contribution in [0.2, 0.25) is 0 Å². The third kappa shape index (κ3) is 3.55. The van der Waals surface area contributed by atoms with Crippen molar-refractivity contribution in [2.75, 3.05) is 0 Å². The first kappa shape index (κ1) is 13.9. The van der Waals surface area contributed by atoms with E-state index in [2.05, 4.69) is 7.57 Å². The van der Waals surface area contributed by atoms with E-state index in [1.54, 1.807) is 0 Å². The molecule has 0 unspecified atom stereocenters. The first-order valence-electron chi connectivity index (χ1n) is 2.73. The molecule has 0 aromatic carbocycles. The van der Waals surface area contributed by atoms with Gasteiger partial charge in [-0.25, -0.2) is 0 Å². The van der Waals surface area contributed by atoms with E-state index in [0.717, 1.165) is 0 Å². The molecule has 0 saturated carbocycles. The minimum absolute atomic E-state index is 3.19. The van der Waals surface area contributed by atoms with Gasteiger partial charge in [0.25, 0.3) is 0 Å². The molecule has 0 heterocycles. The fourth-order valence-electron chi connectivity index (χ4n) is 0.687. The van der Waals surface area contributed by atoms with Gasteiger partial charge in [0.1, 0.15) is 0 Å². The van der Waals surface area contributed by atoms with E-state index in [1.807, 2.05) is 0 Å². The SMILES string of the molecule is [B]P(F)(F)(F)C(C(F)(F)F)C(F)(F)F.